The first-order chi connectivity index (χ1) is 6.14. The number of esters is 1. The molecule has 3 heteroatoms. The molecule has 1 aliphatic carbocycles. The molecular weight excluding hydrogens is 168 g/mol. The van der Waals surface area contributed by atoms with Gasteiger partial charge in [-0.25, -0.2) is 0 Å². The number of hydrogen-bond acceptors (Lipinski definition) is 3. The van der Waals surface area contributed by atoms with E-state index in [1.54, 1.807) is 0 Å². The number of methoxy groups -OCH3 is 1. The van der Waals surface area contributed by atoms with Gasteiger partial charge in [0, 0.05) is 0 Å². The van der Waals surface area contributed by atoms with Crippen LogP contribution >= 0.6 is 0 Å². The van der Waals surface area contributed by atoms with Gasteiger partial charge >= 0.3 is 5.97 Å². The summed E-state index contributed by atoms with van der Waals surface area (Å²) in [6.07, 6.45) is 3.84. The third-order valence-electron chi connectivity index (χ3n) is 3.35. The molecule has 0 radical (unpaired) electrons. The van der Waals surface area contributed by atoms with Crippen LogP contribution in [0.1, 0.15) is 39.0 Å². The van der Waals surface area contributed by atoms with Gasteiger partial charge in [-0.1, -0.05) is 13.3 Å². The molecule has 0 heterocycles. The largest absolute Gasteiger partial charge is 0.469 e. The predicted molar refractivity (Wildman–Crippen MR) is 49.2 cm³/mol. The van der Waals surface area contributed by atoms with Crippen molar-refractivity contribution in [1.82, 2.24) is 0 Å². The second-order valence-corrected chi connectivity index (χ2v) is 3.87. The summed E-state index contributed by atoms with van der Waals surface area (Å²) in [5.74, 6) is -0.313. The Hall–Kier alpha value is -0.570. The number of carbonyl (C=O) groups is 1. The molecule has 1 rings (SSSR count). The fourth-order valence-corrected chi connectivity index (χ4v) is 2.01. The van der Waals surface area contributed by atoms with Gasteiger partial charge in [0.05, 0.1) is 19.6 Å². The molecule has 0 aromatic heterocycles. The lowest BCUT2D eigenvalue weighted by molar-refractivity contribution is -0.147. The van der Waals surface area contributed by atoms with E-state index in [1.165, 1.54) is 13.5 Å². The first-order valence-electron chi connectivity index (χ1n) is 4.89. The van der Waals surface area contributed by atoms with Gasteiger partial charge < -0.3 is 9.84 Å². The Balaban J connectivity index is 2.45. The third kappa shape index (κ3) is 2.02. The van der Waals surface area contributed by atoms with Gasteiger partial charge in [0.1, 0.15) is 0 Å². The lowest BCUT2D eigenvalue weighted by Gasteiger charge is -2.44. The summed E-state index contributed by atoms with van der Waals surface area (Å²) in [6.45, 7) is 2.07. The maximum absolute atomic E-state index is 10.9. The predicted octanol–water partition coefficient (Wildman–Crippen LogP) is 1.49. The van der Waals surface area contributed by atoms with Gasteiger partial charge in [0.2, 0.25) is 0 Å². The lowest BCUT2D eigenvalue weighted by Crippen LogP contribution is -2.42. The Bertz CT molecular complexity index is 179. The summed E-state index contributed by atoms with van der Waals surface area (Å²) in [7, 11) is 1.36. The first kappa shape index (κ1) is 10.5. The van der Waals surface area contributed by atoms with Gasteiger partial charge in [-0.2, -0.15) is 0 Å². The van der Waals surface area contributed by atoms with Crippen molar-refractivity contribution < 1.29 is 14.6 Å². The van der Waals surface area contributed by atoms with Crippen LogP contribution in [-0.2, 0) is 9.53 Å². The molecule has 0 amide bonds. The van der Waals surface area contributed by atoms with E-state index in [4.69, 9.17) is 0 Å². The molecule has 1 N–H and O–H groups in total. The molecule has 76 valence electrons. The molecule has 1 atom stereocenters. The number of aliphatic hydroxyl groups is 1. The Morgan fingerprint density at radius 1 is 1.62 bits per heavy atom. The number of hydrogen-bond donors (Lipinski definition) is 1. The van der Waals surface area contributed by atoms with E-state index in [0.29, 0.717) is 0 Å². The highest BCUT2D eigenvalue weighted by Crippen LogP contribution is 2.47. The standard InChI is InChI=1S/C10H18O3/c1-3-10(5-4-6-10)8(11)7-9(12)13-2/h8,11H,3-7H2,1-2H3/t8-/m1/s1. The molecule has 0 aromatic rings. The van der Waals surface area contributed by atoms with Crippen LogP contribution in [0.5, 0.6) is 0 Å². The molecule has 1 aliphatic rings. The quantitative estimate of drug-likeness (QED) is 0.677. The zero-order valence-electron chi connectivity index (χ0n) is 8.38. The van der Waals surface area contributed by atoms with Crippen molar-refractivity contribution in [2.45, 2.75) is 45.1 Å². The summed E-state index contributed by atoms with van der Waals surface area (Å²) >= 11 is 0. The fraction of sp³-hybridized carbons (Fsp3) is 0.900. The minimum absolute atomic E-state index is 0.00813. The summed E-state index contributed by atoms with van der Waals surface area (Å²) in [6, 6.07) is 0. The topological polar surface area (TPSA) is 46.5 Å². The molecule has 0 aromatic carbocycles. The zero-order valence-corrected chi connectivity index (χ0v) is 8.38. The Kier molecular flexibility index (Phi) is 3.31. The molecular formula is C10H18O3. The molecule has 0 aliphatic heterocycles. The van der Waals surface area contributed by atoms with E-state index in [2.05, 4.69) is 11.7 Å². The van der Waals surface area contributed by atoms with Crippen LogP contribution in [0.15, 0.2) is 0 Å². The smallest absolute Gasteiger partial charge is 0.308 e. The second kappa shape index (κ2) is 4.09. The number of aliphatic hydroxyl groups excluding tert-OH is 1. The highest BCUT2D eigenvalue weighted by atomic mass is 16.5. The van der Waals surface area contributed by atoms with E-state index >= 15 is 0 Å². The van der Waals surface area contributed by atoms with Crippen LogP contribution in [0.4, 0.5) is 0 Å². The van der Waals surface area contributed by atoms with Crippen LogP contribution in [0.3, 0.4) is 0 Å². The highest BCUT2D eigenvalue weighted by Gasteiger charge is 2.42. The lowest BCUT2D eigenvalue weighted by atomic mass is 9.63. The Morgan fingerprint density at radius 2 is 2.23 bits per heavy atom. The van der Waals surface area contributed by atoms with E-state index < -0.39 is 6.10 Å². The number of rotatable bonds is 4. The maximum atomic E-state index is 10.9. The van der Waals surface area contributed by atoms with E-state index in [9.17, 15) is 9.90 Å². The fourth-order valence-electron chi connectivity index (χ4n) is 2.01. The Labute approximate surface area is 79.1 Å². The molecule has 1 saturated carbocycles. The average Bonchev–Trinajstić information content (AvgIpc) is 2.03. The molecule has 0 saturated heterocycles. The van der Waals surface area contributed by atoms with Crippen molar-refractivity contribution in [2.24, 2.45) is 5.41 Å². The maximum Gasteiger partial charge on any atom is 0.308 e. The summed E-state index contributed by atoms with van der Waals surface area (Å²) in [4.78, 5) is 10.9. The number of carbonyl (C=O) groups excluding carboxylic acids is 1. The summed E-state index contributed by atoms with van der Waals surface area (Å²) in [5, 5.41) is 9.82. The van der Waals surface area contributed by atoms with Gasteiger partial charge in [-0.05, 0) is 24.7 Å². The Morgan fingerprint density at radius 3 is 2.54 bits per heavy atom. The van der Waals surface area contributed by atoms with Crippen LogP contribution in [0.2, 0.25) is 0 Å². The van der Waals surface area contributed by atoms with Crippen molar-refractivity contribution in [3.05, 3.63) is 0 Å². The van der Waals surface area contributed by atoms with Crippen LogP contribution in [0, 0.1) is 5.41 Å². The average molecular weight is 186 g/mol. The monoisotopic (exact) mass is 186 g/mol. The summed E-state index contributed by atoms with van der Waals surface area (Å²) < 4.78 is 4.53. The van der Waals surface area contributed by atoms with Crippen molar-refractivity contribution in [3.63, 3.8) is 0 Å². The van der Waals surface area contributed by atoms with Gasteiger partial charge in [-0.15, -0.1) is 0 Å². The SMILES string of the molecule is CCC1([C@H](O)CC(=O)OC)CCC1. The van der Waals surface area contributed by atoms with E-state index in [0.717, 1.165) is 19.3 Å². The first-order valence-corrected chi connectivity index (χ1v) is 4.89. The zero-order chi connectivity index (χ0) is 9.90. The normalized spacial score (nSPS) is 21.8. The molecule has 0 unspecified atom stereocenters. The molecule has 13 heavy (non-hydrogen) atoms. The van der Waals surface area contributed by atoms with Crippen LogP contribution < -0.4 is 0 Å². The molecule has 1 fully saturated rings. The minimum atomic E-state index is -0.515. The number of ether oxygens (including phenoxy) is 1. The van der Waals surface area contributed by atoms with Gasteiger partial charge in [0.25, 0.3) is 0 Å². The van der Waals surface area contributed by atoms with Crippen molar-refractivity contribution >= 4 is 5.97 Å². The molecule has 0 spiro atoms. The van der Waals surface area contributed by atoms with Gasteiger partial charge in [-0.3, -0.25) is 4.79 Å². The van der Waals surface area contributed by atoms with Crippen LogP contribution in [0.25, 0.3) is 0 Å². The van der Waals surface area contributed by atoms with E-state index in [-0.39, 0.29) is 17.8 Å². The molecule has 3 nitrogen and oxygen atoms in total. The minimum Gasteiger partial charge on any atom is -0.469 e. The van der Waals surface area contributed by atoms with E-state index in [1.807, 2.05) is 0 Å². The van der Waals surface area contributed by atoms with Crippen molar-refractivity contribution in [3.8, 4) is 0 Å². The van der Waals surface area contributed by atoms with Crippen LogP contribution in [-0.4, -0.2) is 24.3 Å². The second-order valence-electron chi connectivity index (χ2n) is 3.87. The van der Waals surface area contributed by atoms with Gasteiger partial charge in [0.15, 0.2) is 0 Å². The highest BCUT2D eigenvalue weighted by molar-refractivity contribution is 5.69. The van der Waals surface area contributed by atoms with Crippen molar-refractivity contribution in [2.75, 3.05) is 7.11 Å². The molecule has 0 bridgehead atoms. The van der Waals surface area contributed by atoms with Crippen molar-refractivity contribution in [1.29, 1.82) is 0 Å². The third-order valence-corrected chi connectivity index (χ3v) is 3.35. The summed E-state index contributed by atoms with van der Waals surface area (Å²) in [5.41, 5.74) is 0.00813.